The fourth-order valence-corrected chi connectivity index (χ4v) is 1.68. The van der Waals surface area contributed by atoms with Crippen molar-refractivity contribution in [2.75, 3.05) is 0 Å². The average Bonchev–Trinajstić information content (AvgIpc) is 2.39. The zero-order valence-electron chi connectivity index (χ0n) is 9.01. The summed E-state index contributed by atoms with van der Waals surface area (Å²) < 4.78 is 0. The highest BCUT2D eigenvalue weighted by Crippen LogP contribution is 2.11. The highest BCUT2D eigenvalue weighted by molar-refractivity contribution is 5.96. The highest BCUT2D eigenvalue weighted by atomic mass is 15.4. The van der Waals surface area contributed by atoms with E-state index in [0.29, 0.717) is 5.84 Å². The van der Waals surface area contributed by atoms with Crippen molar-refractivity contribution in [2.24, 2.45) is 5.84 Å². The maximum atomic E-state index is 8.01. The molecule has 0 aromatic heterocycles. The monoisotopic (exact) mass is 213 g/mol. The fraction of sp³-hybridized carbons (Fsp3) is 0.154. The number of hydrogen-bond acceptors (Lipinski definition) is 2. The van der Waals surface area contributed by atoms with E-state index in [2.05, 4.69) is 6.08 Å². The van der Waals surface area contributed by atoms with Gasteiger partial charge in [0.2, 0.25) is 0 Å². The molecule has 16 heavy (non-hydrogen) atoms. The summed E-state index contributed by atoms with van der Waals surface area (Å²) in [6.07, 6.45) is 8.88. The molecule has 1 atom stereocenters. The lowest BCUT2D eigenvalue weighted by Crippen LogP contribution is -2.44. The van der Waals surface area contributed by atoms with Crippen molar-refractivity contribution in [1.29, 1.82) is 5.41 Å². The lowest BCUT2D eigenvalue weighted by atomic mass is 10.1. The maximum Gasteiger partial charge on any atom is 0.142 e. The molecule has 0 amide bonds. The van der Waals surface area contributed by atoms with E-state index in [1.807, 2.05) is 48.6 Å². The number of nitrogens with two attached hydrogens (primary N) is 1. The van der Waals surface area contributed by atoms with Gasteiger partial charge in [0.25, 0.3) is 0 Å². The van der Waals surface area contributed by atoms with Gasteiger partial charge in [0, 0.05) is 5.56 Å². The van der Waals surface area contributed by atoms with Crippen LogP contribution in [-0.4, -0.2) is 16.9 Å². The van der Waals surface area contributed by atoms with Gasteiger partial charge in [-0.1, -0.05) is 54.6 Å². The highest BCUT2D eigenvalue weighted by Gasteiger charge is 2.16. The Morgan fingerprint density at radius 1 is 1.25 bits per heavy atom. The van der Waals surface area contributed by atoms with Crippen molar-refractivity contribution in [3.8, 4) is 0 Å². The Balaban J connectivity index is 2.10. The van der Waals surface area contributed by atoms with Crippen LogP contribution in [0.1, 0.15) is 12.0 Å². The lowest BCUT2D eigenvalue weighted by molar-refractivity contribution is 0.370. The van der Waals surface area contributed by atoms with Gasteiger partial charge in [-0.15, -0.1) is 0 Å². The quantitative estimate of drug-likeness (QED) is 0.342. The molecule has 0 bridgehead atoms. The van der Waals surface area contributed by atoms with Gasteiger partial charge in [-0.05, 0) is 6.42 Å². The maximum absolute atomic E-state index is 8.01. The van der Waals surface area contributed by atoms with Gasteiger partial charge in [-0.2, -0.15) is 0 Å². The van der Waals surface area contributed by atoms with E-state index < -0.39 is 0 Å². The molecular formula is C13H15N3. The van der Waals surface area contributed by atoms with Crippen LogP contribution in [-0.2, 0) is 0 Å². The molecule has 3 heteroatoms. The molecule has 0 spiro atoms. The molecule has 2 rings (SSSR count). The van der Waals surface area contributed by atoms with Crippen LogP contribution in [0.2, 0.25) is 0 Å². The van der Waals surface area contributed by atoms with Crippen LogP contribution < -0.4 is 5.84 Å². The van der Waals surface area contributed by atoms with Crippen molar-refractivity contribution in [3.63, 3.8) is 0 Å². The average molecular weight is 213 g/mol. The number of amidine groups is 1. The van der Waals surface area contributed by atoms with E-state index in [9.17, 15) is 0 Å². The molecule has 1 unspecified atom stereocenters. The molecule has 1 aromatic carbocycles. The predicted octanol–water partition coefficient (Wildman–Crippen LogP) is 2.07. The van der Waals surface area contributed by atoms with Gasteiger partial charge in [0.1, 0.15) is 5.84 Å². The van der Waals surface area contributed by atoms with Crippen LogP contribution in [0.3, 0.4) is 0 Å². The van der Waals surface area contributed by atoms with E-state index in [-0.39, 0.29) is 6.04 Å². The Morgan fingerprint density at radius 3 is 2.62 bits per heavy atom. The third-order valence-electron chi connectivity index (χ3n) is 2.62. The molecule has 1 aliphatic rings. The third-order valence-corrected chi connectivity index (χ3v) is 2.62. The standard InChI is InChI=1S/C13H15N3/c14-13(11-7-3-1-4-8-11)16(15)12-9-5-2-6-10-12/h1-9,12,14H,10,15H2. The zero-order valence-corrected chi connectivity index (χ0v) is 9.01. The van der Waals surface area contributed by atoms with Gasteiger partial charge >= 0.3 is 0 Å². The number of allylic oxidation sites excluding steroid dienone is 2. The second-order valence-corrected chi connectivity index (χ2v) is 3.74. The Labute approximate surface area is 95.4 Å². The van der Waals surface area contributed by atoms with Crippen LogP contribution >= 0.6 is 0 Å². The van der Waals surface area contributed by atoms with Crippen LogP contribution in [0.25, 0.3) is 0 Å². The molecule has 0 heterocycles. The minimum absolute atomic E-state index is 0.0812. The van der Waals surface area contributed by atoms with Gasteiger partial charge in [-0.25, -0.2) is 5.84 Å². The summed E-state index contributed by atoms with van der Waals surface area (Å²) in [6.45, 7) is 0. The van der Waals surface area contributed by atoms with E-state index in [1.165, 1.54) is 5.01 Å². The van der Waals surface area contributed by atoms with Crippen LogP contribution in [0.4, 0.5) is 0 Å². The smallest absolute Gasteiger partial charge is 0.142 e. The Bertz CT molecular complexity index is 420. The SMILES string of the molecule is N=C(c1ccccc1)N(N)C1C=CC=CC1. The number of nitrogens with zero attached hydrogens (tertiary/aromatic N) is 1. The first kappa shape index (κ1) is 10.6. The first-order valence-corrected chi connectivity index (χ1v) is 5.30. The summed E-state index contributed by atoms with van der Waals surface area (Å²) in [5, 5.41) is 9.52. The minimum Gasteiger partial charge on any atom is -0.288 e. The van der Waals surface area contributed by atoms with Crippen molar-refractivity contribution in [1.82, 2.24) is 5.01 Å². The van der Waals surface area contributed by atoms with E-state index >= 15 is 0 Å². The topological polar surface area (TPSA) is 53.1 Å². The van der Waals surface area contributed by atoms with Gasteiger partial charge in [0.05, 0.1) is 6.04 Å². The third kappa shape index (κ3) is 2.20. The molecule has 1 aromatic rings. The van der Waals surface area contributed by atoms with E-state index in [4.69, 9.17) is 11.3 Å². The number of hydrazine groups is 1. The first-order chi connectivity index (χ1) is 7.79. The molecule has 0 radical (unpaired) electrons. The lowest BCUT2D eigenvalue weighted by Gasteiger charge is -2.27. The Kier molecular flexibility index (Phi) is 3.17. The summed E-state index contributed by atoms with van der Waals surface area (Å²) in [5.41, 5.74) is 0.841. The molecule has 0 aliphatic heterocycles. The number of hydrogen-bond donors (Lipinski definition) is 2. The Hall–Kier alpha value is -1.87. The summed E-state index contributed by atoms with van der Waals surface area (Å²) in [7, 11) is 0. The van der Waals surface area contributed by atoms with Crippen LogP contribution in [0.5, 0.6) is 0 Å². The van der Waals surface area contributed by atoms with Gasteiger partial charge < -0.3 is 0 Å². The molecule has 0 saturated heterocycles. The molecule has 82 valence electrons. The fourth-order valence-electron chi connectivity index (χ4n) is 1.68. The summed E-state index contributed by atoms with van der Waals surface area (Å²) >= 11 is 0. The van der Waals surface area contributed by atoms with Crippen molar-refractivity contribution in [2.45, 2.75) is 12.5 Å². The molecule has 3 N–H and O–H groups in total. The number of benzene rings is 1. The molecule has 3 nitrogen and oxygen atoms in total. The zero-order chi connectivity index (χ0) is 11.4. The minimum atomic E-state index is 0.0812. The molecule has 1 aliphatic carbocycles. The molecular weight excluding hydrogens is 198 g/mol. The normalized spacial score (nSPS) is 18.4. The largest absolute Gasteiger partial charge is 0.288 e. The van der Waals surface area contributed by atoms with Crippen molar-refractivity contribution in [3.05, 3.63) is 60.2 Å². The van der Waals surface area contributed by atoms with Crippen molar-refractivity contribution >= 4 is 5.84 Å². The summed E-state index contributed by atoms with van der Waals surface area (Å²) in [5.74, 6) is 6.30. The first-order valence-electron chi connectivity index (χ1n) is 5.30. The molecule has 0 saturated carbocycles. The second kappa shape index (κ2) is 4.77. The predicted molar refractivity (Wildman–Crippen MR) is 66.0 cm³/mol. The summed E-state index contributed by atoms with van der Waals surface area (Å²) in [4.78, 5) is 0. The number of nitrogens with one attached hydrogen (secondary N) is 1. The second-order valence-electron chi connectivity index (χ2n) is 3.74. The van der Waals surface area contributed by atoms with Gasteiger partial charge in [-0.3, -0.25) is 10.4 Å². The number of rotatable bonds is 2. The van der Waals surface area contributed by atoms with Crippen LogP contribution in [0.15, 0.2) is 54.6 Å². The van der Waals surface area contributed by atoms with E-state index in [1.54, 1.807) is 0 Å². The van der Waals surface area contributed by atoms with Gasteiger partial charge in [0.15, 0.2) is 0 Å². The summed E-state index contributed by atoms with van der Waals surface area (Å²) in [6, 6.07) is 9.62. The Morgan fingerprint density at radius 2 is 2.00 bits per heavy atom. The molecule has 0 fully saturated rings. The van der Waals surface area contributed by atoms with Crippen molar-refractivity contribution < 1.29 is 0 Å². The van der Waals surface area contributed by atoms with E-state index in [0.717, 1.165) is 12.0 Å². The van der Waals surface area contributed by atoms with Crippen LogP contribution in [0, 0.1) is 5.41 Å².